The molecule has 1 heterocycles. The van der Waals surface area contributed by atoms with Crippen LogP contribution in [0.4, 0.5) is 22.0 Å². The summed E-state index contributed by atoms with van der Waals surface area (Å²) in [5.41, 5.74) is -0.719. The Labute approximate surface area is 493 Å². The Morgan fingerprint density at radius 3 is 1.84 bits per heavy atom. The van der Waals surface area contributed by atoms with Gasteiger partial charge in [0, 0.05) is 53.6 Å². The van der Waals surface area contributed by atoms with Crippen LogP contribution in [0.25, 0.3) is 0 Å². The number of carboxylic acids is 1. The lowest BCUT2D eigenvalue weighted by molar-refractivity contribution is -0.148. The first kappa shape index (κ1) is 72.9. The van der Waals surface area contributed by atoms with E-state index in [-0.39, 0.29) is 103 Å². The SMILES string of the molecule is CC[C@H](C)[C@@H]([C@@H](CC(=O)N1CCC[C@H]1[C@H](OC)[C@@H](C)C(=O)N[C@@H](Cc1ccccc1)C(=O)O)OC)N(C)C(=O)[C@@H](NC(=O)C(C)(C)NC(=O)CCOCCOCCNC(=O)CCOCCOCCC(=O)Oc1c(F)c(F)c(F)c(F)c1F)C(C)C. The summed E-state index contributed by atoms with van der Waals surface area (Å²) in [5.74, 6) is -19.8. The standard InChI is InChI=1S/C58H85F5N6O16/c1-11-35(4)51(40(79-9)33-43(72)69-23-15-18-39(69)52(80-10)36(5)54(74)65-38(56(76)77)32-37-16-13-12-14-17-37)68(8)55(75)50(34(2)3)66-57(78)58(6,7)67-42(71)20-25-82-30-31-84-27-22-64-41(70)19-24-81-28-29-83-26-21-44(73)85-53-48(62)46(60)45(59)47(61)49(53)63/h12-14,16-17,34-36,38-40,50-52H,11,15,18-33H2,1-10H3,(H,64,70)(H,65,74)(H,66,78)(H,67,71)(H,76,77)/t35-,36+,38-,39-,40+,50-,51-,52+/m0/s1. The maximum atomic E-state index is 14.5. The van der Waals surface area contributed by atoms with Gasteiger partial charge in [-0.1, -0.05) is 71.4 Å². The zero-order chi connectivity index (χ0) is 63.6. The Morgan fingerprint density at radius 1 is 0.741 bits per heavy atom. The molecule has 0 bridgehead atoms. The highest BCUT2D eigenvalue weighted by Gasteiger charge is 2.44. The number of amides is 6. The maximum Gasteiger partial charge on any atom is 0.326 e. The molecule has 3 rings (SSSR count). The number of rotatable bonds is 39. The minimum absolute atomic E-state index is 0.00390. The summed E-state index contributed by atoms with van der Waals surface area (Å²) in [6, 6.07) is 5.57. The Kier molecular flexibility index (Phi) is 31.3. The second-order valence-electron chi connectivity index (χ2n) is 21.5. The van der Waals surface area contributed by atoms with Crippen molar-refractivity contribution in [3.63, 3.8) is 0 Å². The van der Waals surface area contributed by atoms with Crippen molar-refractivity contribution < 1.29 is 98.6 Å². The van der Waals surface area contributed by atoms with Gasteiger partial charge in [-0.05, 0) is 44.1 Å². The number of carbonyl (C=O) groups is 8. The molecule has 1 aliphatic rings. The third-order valence-electron chi connectivity index (χ3n) is 14.5. The van der Waals surface area contributed by atoms with Crippen LogP contribution in [0.15, 0.2) is 30.3 Å². The van der Waals surface area contributed by atoms with E-state index < -0.39 is 131 Å². The fourth-order valence-electron chi connectivity index (χ4n) is 9.50. The van der Waals surface area contributed by atoms with E-state index in [1.165, 1.54) is 33.0 Å². The fraction of sp³-hybridized carbons (Fsp3) is 0.655. The lowest BCUT2D eigenvalue weighted by Crippen LogP contribution is -2.62. The Hall–Kier alpha value is -6.39. The average Bonchev–Trinajstić information content (AvgIpc) is 3.02. The predicted molar refractivity (Wildman–Crippen MR) is 297 cm³/mol. The summed E-state index contributed by atoms with van der Waals surface area (Å²) in [4.78, 5) is 109. The highest BCUT2D eigenvalue weighted by molar-refractivity contribution is 5.94. The normalized spacial score (nSPS) is 15.9. The molecular weight excluding hydrogens is 1130 g/mol. The first-order valence-corrected chi connectivity index (χ1v) is 28.3. The summed E-state index contributed by atoms with van der Waals surface area (Å²) in [7, 11) is 4.52. The van der Waals surface area contributed by atoms with E-state index in [9.17, 15) is 65.4 Å². The van der Waals surface area contributed by atoms with E-state index in [0.29, 0.717) is 25.8 Å². The highest BCUT2D eigenvalue weighted by Crippen LogP contribution is 2.31. The molecular formula is C58H85F5N6O16. The van der Waals surface area contributed by atoms with Gasteiger partial charge >= 0.3 is 11.9 Å². The number of carbonyl (C=O) groups excluding carboxylic acids is 7. The third kappa shape index (κ3) is 22.8. The number of nitrogens with zero attached hydrogens (tertiary/aromatic N) is 2. The van der Waals surface area contributed by atoms with Crippen molar-refractivity contribution in [2.24, 2.45) is 17.8 Å². The number of likely N-dealkylation sites (N-methyl/N-ethyl adjacent to an activating group) is 1. The molecule has 6 amide bonds. The van der Waals surface area contributed by atoms with Crippen molar-refractivity contribution in [3.8, 4) is 5.75 Å². The van der Waals surface area contributed by atoms with Crippen molar-refractivity contribution in [2.45, 2.75) is 142 Å². The van der Waals surface area contributed by atoms with Crippen LogP contribution in [0.3, 0.4) is 0 Å². The molecule has 8 atom stereocenters. The van der Waals surface area contributed by atoms with Crippen LogP contribution >= 0.6 is 0 Å². The van der Waals surface area contributed by atoms with Crippen LogP contribution in [0, 0.1) is 46.8 Å². The van der Waals surface area contributed by atoms with E-state index >= 15 is 0 Å². The monoisotopic (exact) mass is 1220 g/mol. The smallest absolute Gasteiger partial charge is 0.326 e. The Bertz CT molecular complexity index is 2490. The summed E-state index contributed by atoms with van der Waals surface area (Å²) < 4.78 is 105. The summed E-state index contributed by atoms with van der Waals surface area (Å²) in [6.45, 7) is 12.7. The molecule has 22 nitrogen and oxygen atoms in total. The number of nitrogens with one attached hydrogen (secondary N) is 4. The lowest BCUT2D eigenvalue weighted by Gasteiger charge is -2.41. The number of likely N-dealkylation sites (tertiary alicyclic amines) is 1. The summed E-state index contributed by atoms with van der Waals surface area (Å²) in [6.07, 6.45) is -0.505. The van der Waals surface area contributed by atoms with Crippen molar-refractivity contribution in [1.29, 1.82) is 0 Å². The number of hydrogen-bond acceptors (Lipinski definition) is 15. The number of halogens is 5. The highest BCUT2D eigenvalue weighted by atomic mass is 19.2. The molecule has 5 N–H and O–H groups in total. The van der Waals surface area contributed by atoms with E-state index in [4.69, 9.17) is 28.4 Å². The Balaban J connectivity index is 1.39. The van der Waals surface area contributed by atoms with E-state index in [2.05, 4.69) is 26.0 Å². The minimum atomic E-state index is -2.39. The molecule has 27 heteroatoms. The maximum absolute atomic E-state index is 14.5. The number of aliphatic carboxylic acids is 1. The largest absolute Gasteiger partial charge is 0.480 e. The van der Waals surface area contributed by atoms with Gasteiger partial charge in [-0.15, -0.1) is 0 Å². The first-order valence-electron chi connectivity index (χ1n) is 28.3. The molecule has 2 aromatic rings. The van der Waals surface area contributed by atoms with E-state index in [0.717, 1.165) is 5.56 Å². The van der Waals surface area contributed by atoms with Gasteiger partial charge in [-0.3, -0.25) is 33.6 Å². The minimum Gasteiger partial charge on any atom is -0.480 e. The van der Waals surface area contributed by atoms with E-state index in [1.807, 2.05) is 19.9 Å². The van der Waals surface area contributed by atoms with Crippen molar-refractivity contribution >= 4 is 47.4 Å². The lowest BCUT2D eigenvalue weighted by atomic mass is 9.89. The number of esters is 1. The summed E-state index contributed by atoms with van der Waals surface area (Å²) in [5, 5.41) is 20.8. The molecule has 1 aliphatic heterocycles. The zero-order valence-corrected chi connectivity index (χ0v) is 50.2. The van der Waals surface area contributed by atoms with Crippen molar-refractivity contribution in [3.05, 3.63) is 65.0 Å². The Morgan fingerprint density at radius 2 is 1.29 bits per heavy atom. The topological polar surface area (TPSA) is 276 Å². The number of ether oxygens (including phenoxy) is 7. The predicted octanol–water partition coefficient (Wildman–Crippen LogP) is 4.41. The van der Waals surface area contributed by atoms with Crippen LogP contribution in [-0.4, -0.2) is 191 Å². The average molecular weight is 1220 g/mol. The molecule has 0 unspecified atom stereocenters. The van der Waals surface area contributed by atoms with Crippen LogP contribution in [0.1, 0.15) is 99.0 Å². The van der Waals surface area contributed by atoms with Crippen LogP contribution in [0.5, 0.6) is 5.75 Å². The number of methoxy groups -OCH3 is 2. The zero-order valence-electron chi connectivity index (χ0n) is 50.2. The van der Waals surface area contributed by atoms with Gasteiger partial charge in [-0.25, -0.2) is 18.0 Å². The molecule has 1 fully saturated rings. The second-order valence-corrected chi connectivity index (χ2v) is 21.5. The molecule has 85 heavy (non-hydrogen) atoms. The van der Waals surface area contributed by atoms with Crippen molar-refractivity contribution in [1.82, 2.24) is 31.1 Å². The third-order valence-corrected chi connectivity index (χ3v) is 14.5. The summed E-state index contributed by atoms with van der Waals surface area (Å²) >= 11 is 0. The van der Waals surface area contributed by atoms with Crippen LogP contribution in [0.2, 0.25) is 0 Å². The van der Waals surface area contributed by atoms with Gasteiger partial charge in [0.1, 0.15) is 17.6 Å². The molecule has 0 aromatic heterocycles. The van der Waals surface area contributed by atoms with Gasteiger partial charge in [0.2, 0.25) is 70.3 Å². The van der Waals surface area contributed by atoms with Crippen molar-refractivity contribution in [2.75, 3.05) is 87.2 Å². The fourth-order valence-corrected chi connectivity index (χ4v) is 9.50. The van der Waals surface area contributed by atoms with Gasteiger partial charge < -0.3 is 69.3 Å². The van der Waals surface area contributed by atoms with Gasteiger partial charge in [0.05, 0.1) is 95.9 Å². The molecule has 2 aromatic carbocycles. The molecule has 478 valence electrons. The first-order chi connectivity index (χ1) is 40.2. The van der Waals surface area contributed by atoms with Gasteiger partial charge in [0.25, 0.3) is 0 Å². The van der Waals surface area contributed by atoms with Crippen LogP contribution < -0.4 is 26.0 Å². The van der Waals surface area contributed by atoms with Crippen LogP contribution in [-0.2, 0) is 73.2 Å². The molecule has 0 saturated carbocycles. The number of benzene rings is 2. The molecule has 0 radical (unpaired) electrons. The van der Waals surface area contributed by atoms with E-state index in [1.54, 1.807) is 57.0 Å². The molecule has 0 aliphatic carbocycles. The second kappa shape index (κ2) is 36.6. The van der Waals surface area contributed by atoms with Gasteiger partial charge in [-0.2, -0.15) is 8.78 Å². The van der Waals surface area contributed by atoms with Gasteiger partial charge in [0.15, 0.2) is 0 Å². The number of hydrogen-bond donors (Lipinski definition) is 5. The molecule has 0 spiro atoms. The molecule has 1 saturated heterocycles. The number of carboxylic acid groups (broad SMARTS) is 1. The quantitative estimate of drug-likeness (QED) is 0.0155.